The number of nitrogens with zero attached hydrogens (tertiary/aromatic N) is 2. The second-order valence-electron chi connectivity index (χ2n) is 7.17. The van der Waals surface area contributed by atoms with Crippen LogP contribution in [0.5, 0.6) is 11.5 Å². The van der Waals surface area contributed by atoms with Crippen molar-refractivity contribution in [1.82, 2.24) is 9.97 Å². The molecule has 0 atom stereocenters. The van der Waals surface area contributed by atoms with E-state index in [4.69, 9.17) is 31.0 Å². The van der Waals surface area contributed by atoms with E-state index in [2.05, 4.69) is 5.32 Å². The minimum atomic E-state index is -0.182. The molecule has 0 radical (unpaired) electrons. The molecule has 0 fully saturated rings. The Hall–Kier alpha value is -3.29. The largest absolute Gasteiger partial charge is 0.497 e. The fourth-order valence-corrected chi connectivity index (χ4v) is 4.19. The van der Waals surface area contributed by atoms with E-state index in [0.29, 0.717) is 28.6 Å². The van der Waals surface area contributed by atoms with Crippen molar-refractivity contribution in [2.75, 3.05) is 25.3 Å². The van der Waals surface area contributed by atoms with E-state index in [1.807, 2.05) is 48.5 Å². The third kappa shape index (κ3) is 5.74. The third-order valence-corrected chi connectivity index (χ3v) is 6.17. The maximum Gasteiger partial charge on any atom is 0.234 e. The molecule has 0 aliphatic rings. The lowest BCUT2D eigenvalue weighted by molar-refractivity contribution is -0.113. The number of hydrogen-bond acceptors (Lipinski definition) is 6. The first-order valence-electron chi connectivity index (χ1n) is 10.2. The lowest BCUT2D eigenvalue weighted by Gasteiger charge is -2.12. The maximum atomic E-state index is 12.7. The van der Waals surface area contributed by atoms with Gasteiger partial charge in [0, 0.05) is 17.5 Å². The number of nitrogens with one attached hydrogen (secondary N) is 1. The molecule has 4 aromatic rings. The Labute approximate surface area is 201 Å². The first-order chi connectivity index (χ1) is 16.1. The molecule has 1 N–H and O–H groups in total. The van der Waals surface area contributed by atoms with Crippen molar-refractivity contribution >= 4 is 46.0 Å². The summed E-state index contributed by atoms with van der Waals surface area (Å²) in [6.07, 6.45) is 0.586. The summed E-state index contributed by atoms with van der Waals surface area (Å²) < 4.78 is 10.6. The van der Waals surface area contributed by atoms with Crippen molar-refractivity contribution < 1.29 is 14.3 Å². The SMILES string of the molecule is COc1ccc(OC)c(NC(=O)CSc2nc3ccccc3nc2Cc2ccc(Cl)cc2)c1. The topological polar surface area (TPSA) is 73.3 Å². The van der Waals surface area contributed by atoms with E-state index in [9.17, 15) is 4.79 Å². The van der Waals surface area contributed by atoms with Gasteiger partial charge in [0.1, 0.15) is 16.5 Å². The normalized spacial score (nSPS) is 10.8. The van der Waals surface area contributed by atoms with Crippen molar-refractivity contribution in [3.05, 3.63) is 83.0 Å². The number of fused-ring (bicyclic) bond motifs is 1. The summed E-state index contributed by atoms with van der Waals surface area (Å²) in [4.78, 5) is 22.3. The fraction of sp³-hybridized carbons (Fsp3) is 0.160. The number of amides is 1. The van der Waals surface area contributed by atoms with Crippen molar-refractivity contribution in [3.63, 3.8) is 0 Å². The summed E-state index contributed by atoms with van der Waals surface area (Å²) in [6.45, 7) is 0. The molecule has 33 heavy (non-hydrogen) atoms. The van der Waals surface area contributed by atoms with Crippen LogP contribution in [0.2, 0.25) is 5.02 Å². The van der Waals surface area contributed by atoms with Crippen LogP contribution in [0.4, 0.5) is 5.69 Å². The number of anilines is 1. The van der Waals surface area contributed by atoms with Crippen molar-refractivity contribution in [3.8, 4) is 11.5 Å². The van der Waals surface area contributed by atoms with Crippen LogP contribution in [-0.2, 0) is 11.2 Å². The number of carbonyl (C=O) groups excluding carboxylic acids is 1. The molecule has 0 aliphatic carbocycles. The van der Waals surface area contributed by atoms with Crippen LogP contribution in [0.25, 0.3) is 11.0 Å². The predicted molar refractivity (Wildman–Crippen MR) is 133 cm³/mol. The summed E-state index contributed by atoms with van der Waals surface area (Å²) in [5.74, 6) is 1.17. The van der Waals surface area contributed by atoms with Gasteiger partial charge in [-0.1, -0.05) is 47.6 Å². The molecular weight excluding hydrogens is 458 g/mol. The second-order valence-corrected chi connectivity index (χ2v) is 8.57. The number of methoxy groups -OCH3 is 2. The Morgan fingerprint density at radius 3 is 2.39 bits per heavy atom. The lowest BCUT2D eigenvalue weighted by atomic mass is 10.1. The smallest absolute Gasteiger partial charge is 0.234 e. The monoisotopic (exact) mass is 479 g/mol. The number of thioether (sulfide) groups is 1. The first-order valence-corrected chi connectivity index (χ1v) is 11.6. The zero-order valence-corrected chi connectivity index (χ0v) is 19.7. The van der Waals surface area contributed by atoms with Gasteiger partial charge >= 0.3 is 0 Å². The number of para-hydroxylation sites is 2. The average Bonchev–Trinajstić information content (AvgIpc) is 2.84. The average molecular weight is 480 g/mol. The van der Waals surface area contributed by atoms with Crippen LogP contribution >= 0.6 is 23.4 Å². The van der Waals surface area contributed by atoms with Gasteiger partial charge in [-0.3, -0.25) is 4.79 Å². The minimum absolute atomic E-state index is 0.168. The number of aromatic nitrogens is 2. The van der Waals surface area contributed by atoms with Crippen LogP contribution in [-0.4, -0.2) is 35.8 Å². The lowest BCUT2D eigenvalue weighted by Crippen LogP contribution is -2.15. The van der Waals surface area contributed by atoms with Crippen LogP contribution in [0.1, 0.15) is 11.3 Å². The maximum absolute atomic E-state index is 12.7. The zero-order chi connectivity index (χ0) is 23.2. The van der Waals surface area contributed by atoms with E-state index >= 15 is 0 Å². The predicted octanol–water partition coefficient (Wildman–Crippen LogP) is 5.62. The molecule has 4 rings (SSSR count). The highest BCUT2D eigenvalue weighted by molar-refractivity contribution is 8.00. The third-order valence-electron chi connectivity index (χ3n) is 4.91. The van der Waals surface area contributed by atoms with Gasteiger partial charge in [-0.25, -0.2) is 9.97 Å². The van der Waals surface area contributed by atoms with Gasteiger partial charge in [0.15, 0.2) is 0 Å². The summed E-state index contributed by atoms with van der Waals surface area (Å²) in [5.41, 5.74) is 4.03. The Balaban J connectivity index is 1.55. The van der Waals surface area contributed by atoms with Crippen molar-refractivity contribution in [1.29, 1.82) is 0 Å². The van der Waals surface area contributed by atoms with Gasteiger partial charge in [-0.05, 0) is 42.0 Å². The Kier molecular flexibility index (Phi) is 7.32. The van der Waals surface area contributed by atoms with E-state index in [-0.39, 0.29) is 11.7 Å². The molecule has 0 bridgehead atoms. The van der Waals surface area contributed by atoms with E-state index in [1.165, 1.54) is 11.8 Å². The molecule has 1 amide bonds. The quantitative estimate of drug-likeness (QED) is 0.330. The molecule has 0 unspecified atom stereocenters. The molecule has 0 saturated carbocycles. The van der Waals surface area contributed by atoms with Crippen molar-refractivity contribution in [2.45, 2.75) is 11.4 Å². The van der Waals surface area contributed by atoms with E-state index in [0.717, 1.165) is 27.3 Å². The van der Waals surface area contributed by atoms with Gasteiger partial charge in [-0.15, -0.1) is 0 Å². The number of halogens is 1. The molecule has 3 aromatic carbocycles. The minimum Gasteiger partial charge on any atom is -0.497 e. The molecule has 1 aromatic heterocycles. The molecule has 0 spiro atoms. The summed E-state index contributed by atoms with van der Waals surface area (Å²) in [6, 6.07) is 20.6. The van der Waals surface area contributed by atoms with Crippen LogP contribution < -0.4 is 14.8 Å². The van der Waals surface area contributed by atoms with Gasteiger partial charge in [0.25, 0.3) is 0 Å². The van der Waals surface area contributed by atoms with Crippen LogP contribution in [0.15, 0.2) is 71.8 Å². The summed E-state index contributed by atoms with van der Waals surface area (Å²) in [5, 5.41) is 4.29. The van der Waals surface area contributed by atoms with Gasteiger partial charge in [0.2, 0.25) is 5.91 Å². The summed E-state index contributed by atoms with van der Waals surface area (Å²) in [7, 11) is 3.13. The standard InChI is InChI=1S/C25H22ClN3O3S/c1-31-18-11-12-23(32-2)21(14-18)28-24(30)15-33-25-22(13-16-7-9-17(26)10-8-16)27-19-5-3-4-6-20(19)29-25/h3-12,14H,13,15H2,1-2H3,(H,28,30). The number of ether oxygens (including phenoxy) is 2. The highest BCUT2D eigenvalue weighted by atomic mass is 35.5. The second kappa shape index (κ2) is 10.6. The highest BCUT2D eigenvalue weighted by Crippen LogP contribution is 2.30. The fourth-order valence-electron chi connectivity index (χ4n) is 3.28. The number of carbonyl (C=O) groups is 1. The molecule has 8 heteroatoms. The number of rotatable bonds is 8. The molecule has 0 aliphatic heterocycles. The highest BCUT2D eigenvalue weighted by Gasteiger charge is 2.14. The molecule has 6 nitrogen and oxygen atoms in total. The van der Waals surface area contributed by atoms with Gasteiger partial charge < -0.3 is 14.8 Å². The Morgan fingerprint density at radius 2 is 1.70 bits per heavy atom. The number of hydrogen-bond donors (Lipinski definition) is 1. The van der Waals surface area contributed by atoms with Crippen LogP contribution in [0, 0.1) is 0 Å². The van der Waals surface area contributed by atoms with Gasteiger partial charge in [-0.2, -0.15) is 0 Å². The van der Waals surface area contributed by atoms with E-state index in [1.54, 1.807) is 32.4 Å². The van der Waals surface area contributed by atoms with Crippen molar-refractivity contribution in [2.24, 2.45) is 0 Å². The molecule has 168 valence electrons. The summed E-state index contributed by atoms with van der Waals surface area (Å²) >= 11 is 7.37. The Morgan fingerprint density at radius 1 is 0.970 bits per heavy atom. The van der Waals surface area contributed by atoms with Gasteiger partial charge in [0.05, 0.1) is 42.4 Å². The first kappa shape index (κ1) is 22.9. The van der Waals surface area contributed by atoms with Crippen LogP contribution in [0.3, 0.4) is 0 Å². The molecular formula is C25H22ClN3O3S. The molecule has 1 heterocycles. The number of benzene rings is 3. The zero-order valence-electron chi connectivity index (χ0n) is 18.2. The van der Waals surface area contributed by atoms with E-state index < -0.39 is 0 Å². The molecule has 0 saturated heterocycles. The Bertz CT molecular complexity index is 1280.